The molecule has 0 aromatic rings. The minimum atomic E-state index is -4.00. The molecule has 82 valence electrons. The van der Waals surface area contributed by atoms with Gasteiger partial charge in [-0.2, -0.15) is 13.2 Å². The van der Waals surface area contributed by atoms with E-state index >= 15 is 0 Å². The fourth-order valence-electron chi connectivity index (χ4n) is 0.485. The molecule has 13 heavy (non-hydrogen) atoms. The Hall–Kier alpha value is 0.578. The molecule has 0 aliphatic heterocycles. The van der Waals surface area contributed by atoms with Crippen molar-refractivity contribution in [1.82, 2.24) is 0 Å². The van der Waals surface area contributed by atoms with Crippen LogP contribution in [-0.2, 0) is 8.23 Å². The summed E-state index contributed by atoms with van der Waals surface area (Å²) >= 11 is 0. The Kier molecular flexibility index (Phi) is 11.3. The first-order valence-electron chi connectivity index (χ1n) is 3.87. The maximum atomic E-state index is 11.5. The normalized spacial score (nSPS) is 13.8. The van der Waals surface area contributed by atoms with Crippen LogP contribution in [0.15, 0.2) is 0 Å². The van der Waals surface area contributed by atoms with E-state index in [0.29, 0.717) is 10.5 Å². The standard InChI is InChI=1S/C4H11F3OSi2.H6OSi2/c1-10(8-9)3-2-4(5,6)7;2-1-3/h10H,2-3H2,1,9H3;2-3H3. The van der Waals surface area contributed by atoms with Gasteiger partial charge in [-0.15, -0.1) is 0 Å². The number of hydrogen-bond donors (Lipinski definition) is 0. The number of rotatable bonds is 3. The van der Waals surface area contributed by atoms with Crippen LogP contribution in [0.3, 0.4) is 0 Å². The molecule has 0 rings (SSSR count). The van der Waals surface area contributed by atoms with Crippen LogP contribution in [0.5, 0.6) is 0 Å². The van der Waals surface area contributed by atoms with E-state index in [9.17, 15) is 13.2 Å². The molecule has 0 radical (unpaired) electrons. The smallest absolute Gasteiger partial charge is 0.388 e. The average molecular weight is 267 g/mol. The number of halogens is 3. The Balaban J connectivity index is 0. The summed E-state index contributed by atoms with van der Waals surface area (Å²) in [5.74, 6) is 0. The Morgan fingerprint density at radius 2 is 1.62 bits per heavy atom. The molecule has 0 heterocycles. The van der Waals surface area contributed by atoms with Gasteiger partial charge in [0.25, 0.3) is 0 Å². The summed E-state index contributed by atoms with van der Waals surface area (Å²) in [5.41, 5.74) is 0. The molecule has 0 spiro atoms. The van der Waals surface area contributed by atoms with E-state index in [1.54, 1.807) is 6.55 Å². The van der Waals surface area contributed by atoms with Crippen LogP contribution in [0.4, 0.5) is 13.2 Å². The second kappa shape index (κ2) is 9.15. The highest BCUT2D eigenvalue weighted by molar-refractivity contribution is 6.54. The second-order valence-electron chi connectivity index (χ2n) is 2.61. The third kappa shape index (κ3) is 19.1. The van der Waals surface area contributed by atoms with Gasteiger partial charge in [-0.25, -0.2) is 0 Å². The summed E-state index contributed by atoms with van der Waals surface area (Å²) in [4.78, 5) is 0. The molecule has 2 nitrogen and oxygen atoms in total. The number of alkyl halides is 3. The lowest BCUT2D eigenvalue weighted by atomic mass is 10.5. The SMILES string of the molecule is C[SiH](CCC(F)(F)F)O[SiH3].[SiH3]O[SiH3]. The molecule has 0 bridgehead atoms. The van der Waals surface area contributed by atoms with Gasteiger partial charge in [0, 0.05) is 6.42 Å². The molecule has 0 aromatic heterocycles. The van der Waals surface area contributed by atoms with Crippen molar-refractivity contribution in [3.63, 3.8) is 0 Å². The molecular formula is C4H17F3O2Si4. The first-order chi connectivity index (χ1) is 5.87. The van der Waals surface area contributed by atoms with E-state index in [1.165, 1.54) is 0 Å². The van der Waals surface area contributed by atoms with Crippen LogP contribution >= 0.6 is 0 Å². The van der Waals surface area contributed by atoms with Gasteiger partial charge in [-0.1, -0.05) is 0 Å². The van der Waals surface area contributed by atoms with E-state index < -0.39 is 21.6 Å². The molecule has 1 unspecified atom stereocenters. The Labute approximate surface area is 87.5 Å². The van der Waals surface area contributed by atoms with Crippen molar-refractivity contribution in [2.24, 2.45) is 0 Å². The topological polar surface area (TPSA) is 18.5 Å². The zero-order chi connectivity index (χ0) is 10.9. The lowest BCUT2D eigenvalue weighted by Crippen LogP contribution is -2.16. The summed E-state index contributed by atoms with van der Waals surface area (Å²) in [6.07, 6.45) is -4.68. The first-order valence-corrected chi connectivity index (χ1v) is 8.76. The van der Waals surface area contributed by atoms with Gasteiger partial charge in [0.05, 0.1) is 0 Å². The number of hydrogen-bond acceptors (Lipinski definition) is 2. The predicted octanol–water partition coefficient (Wildman–Crippen LogP) is -1.85. The summed E-state index contributed by atoms with van der Waals surface area (Å²) in [6, 6.07) is 0.215. The predicted molar refractivity (Wildman–Crippen MR) is 60.5 cm³/mol. The average Bonchev–Trinajstić information content (AvgIpc) is 2.00. The van der Waals surface area contributed by atoms with Crippen LogP contribution in [0.2, 0.25) is 12.6 Å². The zero-order valence-corrected chi connectivity index (χ0v) is 15.6. The second-order valence-corrected chi connectivity index (χ2v) is 9.96. The van der Waals surface area contributed by atoms with E-state index in [4.69, 9.17) is 4.12 Å². The lowest BCUT2D eigenvalue weighted by molar-refractivity contribution is -0.130. The summed E-state index contributed by atoms with van der Waals surface area (Å²) in [7, 11) is 0.990. The van der Waals surface area contributed by atoms with Crippen molar-refractivity contribution in [2.75, 3.05) is 0 Å². The fraction of sp³-hybridized carbons (Fsp3) is 1.00. The molecule has 0 saturated carbocycles. The van der Waals surface area contributed by atoms with Crippen molar-refractivity contribution in [1.29, 1.82) is 0 Å². The quantitative estimate of drug-likeness (QED) is 0.559. The van der Waals surface area contributed by atoms with E-state index in [2.05, 4.69) is 4.12 Å². The monoisotopic (exact) mass is 266 g/mol. The molecule has 1 atom stereocenters. The van der Waals surface area contributed by atoms with Crippen LogP contribution in [0, 0.1) is 0 Å². The minimum absolute atomic E-state index is 0.215. The summed E-state index contributed by atoms with van der Waals surface area (Å²) in [5, 5.41) is 0. The van der Waals surface area contributed by atoms with Gasteiger partial charge in [0.2, 0.25) is 0 Å². The largest absolute Gasteiger partial charge is 0.471 e. The zero-order valence-electron chi connectivity index (χ0n) is 8.44. The maximum Gasteiger partial charge on any atom is 0.388 e. The van der Waals surface area contributed by atoms with Crippen molar-refractivity contribution in [3.8, 4) is 0 Å². The Bertz CT molecular complexity index is 112. The van der Waals surface area contributed by atoms with Gasteiger partial charge in [0.1, 0.15) is 31.5 Å². The third-order valence-corrected chi connectivity index (χ3v) is 5.56. The van der Waals surface area contributed by atoms with Crippen LogP contribution in [0.1, 0.15) is 6.42 Å². The van der Waals surface area contributed by atoms with Crippen LogP contribution in [-0.4, -0.2) is 46.7 Å². The van der Waals surface area contributed by atoms with Gasteiger partial charge in [-0.05, 0) is 12.6 Å². The molecule has 0 aliphatic rings. The van der Waals surface area contributed by atoms with E-state index in [0.717, 1.165) is 21.0 Å². The molecule has 0 aromatic carbocycles. The highest BCUT2D eigenvalue weighted by Gasteiger charge is 2.27. The van der Waals surface area contributed by atoms with Gasteiger partial charge in [-0.3, -0.25) is 0 Å². The minimum Gasteiger partial charge on any atom is -0.471 e. The molecule has 0 amide bonds. The van der Waals surface area contributed by atoms with Gasteiger partial charge in [0.15, 0.2) is 9.04 Å². The summed E-state index contributed by atoms with van der Waals surface area (Å²) < 4.78 is 44.0. The highest BCUT2D eigenvalue weighted by atomic mass is 28.3. The first kappa shape index (κ1) is 16.0. The van der Waals surface area contributed by atoms with Crippen molar-refractivity contribution < 1.29 is 21.4 Å². The van der Waals surface area contributed by atoms with Crippen LogP contribution < -0.4 is 0 Å². The fourth-order valence-corrected chi connectivity index (χ4v) is 2.16. The van der Waals surface area contributed by atoms with E-state index in [1.807, 2.05) is 0 Å². The highest BCUT2D eigenvalue weighted by Crippen LogP contribution is 2.22. The molecule has 0 N–H and O–H groups in total. The summed E-state index contributed by atoms with van der Waals surface area (Å²) in [6.45, 7) is 1.79. The third-order valence-electron chi connectivity index (χ3n) is 1.24. The van der Waals surface area contributed by atoms with E-state index in [-0.39, 0.29) is 6.04 Å². The van der Waals surface area contributed by atoms with Gasteiger partial charge >= 0.3 is 6.18 Å². The lowest BCUT2D eigenvalue weighted by Gasteiger charge is -2.09. The molecule has 9 heteroatoms. The molecule has 0 saturated heterocycles. The Morgan fingerprint density at radius 3 is 1.85 bits per heavy atom. The molecule has 0 aliphatic carbocycles. The van der Waals surface area contributed by atoms with Crippen LogP contribution in [0.25, 0.3) is 0 Å². The van der Waals surface area contributed by atoms with Gasteiger partial charge < -0.3 is 8.23 Å². The van der Waals surface area contributed by atoms with Crippen molar-refractivity contribution in [2.45, 2.75) is 25.2 Å². The van der Waals surface area contributed by atoms with Crippen molar-refractivity contribution >= 4 is 40.5 Å². The van der Waals surface area contributed by atoms with Crippen molar-refractivity contribution in [3.05, 3.63) is 0 Å². The molecular weight excluding hydrogens is 249 g/mol. The maximum absolute atomic E-state index is 11.5. The molecule has 0 fully saturated rings. The Morgan fingerprint density at radius 1 is 1.23 bits per heavy atom.